The Balaban J connectivity index is 1.60. The van der Waals surface area contributed by atoms with E-state index >= 15 is 0 Å². The zero-order valence-electron chi connectivity index (χ0n) is 8.82. The number of fused-ring (bicyclic) bond motifs is 5. The van der Waals surface area contributed by atoms with Gasteiger partial charge in [0.15, 0.2) is 0 Å². The average Bonchev–Trinajstić information content (AvgIpc) is 2.92. The van der Waals surface area contributed by atoms with Crippen LogP contribution in [-0.4, -0.2) is 12.2 Å². The van der Waals surface area contributed by atoms with Crippen LogP contribution in [0.25, 0.3) is 0 Å². The summed E-state index contributed by atoms with van der Waals surface area (Å²) >= 11 is 0. The van der Waals surface area contributed by atoms with Gasteiger partial charge in [-0.1, -0.05) is 19.3 Å². The van der Waals surface area contributed by atoms with Gasteiger partial charge in [-0.15, -0.1) is 0 Å². The first-order valence-corrected chi connectivity index (χ1v) is 6.59. The molecule has 1 heterocycles. The maximum Gasteiger partial charge on any atom is 0.0872 e. The Morgan fingerprint density at radius 3 is 2.71 bits per heavy atom. The molecule has 0 amide bonds. The molecule has 4 fully saturated rings. The van der Waals surface area contributed by atoms with Crippen molar-refractivity contribution in [3.05, 3.63) is 0 Å². The molecule has 0 aromatic rings. The molecule has 4 aliphatic rings. The van der Waals surface area contributed by atoms with Crippen molar-refractivity contribution in [1.82, 2.24) is 0 Å². The largest absolute Gasteiger partial charge is 0.369 e. The summed E-state index contributed by atoms with van der Waals surface area (Å²) in [5.41, 5.74) is 0. The molecule has 0 radical (unpaired) electrons. The topological polar surface area (TPSA) is 12.5 Å². The summed E-state index contributed by atoms with van der Waals surface area (Å²) in [7, 11) is 0. The quantitative estimate of drug-likeness (QED) is 0.537. The first-order chi connectivity index (χ1) is 6.93. The molecule has 0 spiro atoms. The molecule has 1 heteroatoms. The number of rotatable bonds is 0. The highest BCUT2D eigenvalue weighted by Crippen LogP contribution is 2.58. The Morgan fingerprint density at radius 1 is 0.786 bits per heavy atom. The minimum Gasteiger partial charge on any atom is -0.369 e. The number of ether oxygens (including phenoxy) is 1. The molecule has 0 aromatic heterocycles. The number of epoxide rings is 1. The molecule has 3 saturated carbocycles. The molecule has 1 nitrogen and oxygen atoms in total. The lowest BCUT2D eigenvalue weighted by Gasteiger charge is -2.31. The Hall–Kier alpha value is -0.0400. The number of hydrogen-bond donors (Lipinski definition) is 0. The molecule has 0 aromatic carbocycles. The van der Waals surface area contributed by atoms with Crippen LogP contribution in [0.1, 0.15) is 44.9 Å². The molecule has 0 N–H and O–H groups in total. The zero-order valence-corrected chi connectivity index (χ0v) is 8.82. The Kier molecular flexibility index (Phi) is 1.60. The van der Waals surface area contributed by atoms with Crippen LogP contribution in [-0.2, 0) is 4.74 Å². The Bertz CT molecular complexity index is 248. The highest BCUT2D eigenvalue weighted by Gasteiger charge is 2.57. The molecule has 1 saturated heterocycles. The van der Waals surface area contributed by atoms with E-state index in [1.54, 1.807) is 6.42 Å². The van der Waals surface area contributed by atoms with Crippen LogP contribution in [0, 0.1) is 23.7 Å². The second-order valence-corrected chi connectivity index (χ2v) is 5.99. The van der Waals surface area contributed by atoms with Gasteiger partial charge in [-0.05, 0) is 49.4 Å². The van der Waals surface area contributed by atoms with Crippen molar-refractivity contribution in [3.8, 4) is 0 Å². The van der Waals surface area contributed by atoms with Gasteiger partial charge in [0.2, 0.25) is 0 Å². The van der Waals surface area contributed by atoms with Crippen LogP contribution in [0.3, 0.4) is 0 Å². The standard InChI is InChI=1S/C13H20O/c1-2-4-9-8(3-1)7-11-10(9)5-6-12-13(11)14-12/h8-13H,1-7H2. The minimum absolute atomic E-state index is 0.705. The first-order valence-electron chi connectivity index (χ1n) is 6.59. The highest BCUT2D eigenvalue weighted by molar-refractivity contribution is 5.05. The highest BCUT2D eigenvalue weighted by atomic mass is 16.6. The van der Waals surface area contributed by atoms with E-state index < -0.39 is 0 Å². The summed E-state index contributed by atoms with van der Waals surface area (Å²) in [6.07, 6.45) is 11.9. The smallest absolute Gasteiger partial charge is 0.0872 e. The molecular weight excluding hydrogens is 172 g/mol. The molecule has 0 bridgehead atoms. The van der Waals surface area contributed by atoms with Crippen LogP contribution >= 0.6 is 0 Å². The van der Waals surface area contributed by atoms with Crippen molar-refractivity contribution in [3.63, 3.8) is 0 Å². The van der Waals surface area contributed by atoms with Crippen LogP contribution in [0.5, 0.6) is 0 Å². The predicted octanol–water partition coefficient (Wildman–Crippen LogP) is 2.99. The molecule has 6 unspecified atom stereocenters. The predicted molar refractivity (Wildman–Crippen MR) is 54.9 cm³/mol. The van der Waals surface area contributed by atoms with Crippen LogP contribution < -0.4 is 0 Å². The lowest BCUT2D eigenvalue weighted by Crippen LogP contribution is -2.26. The summed E-state index contributed by atoms with van der Waals surface area (Å²) in [5, 5.41) is 0. The molecule has 1 aliphatic heterocycles. The molecule has 78 valence electrons. The maximum atomic E-state index is 5.80. The van der Waals surface area contributed by atoms with Crippen molar-refractivity contribution < 1.29 is 4.74 Å². The van der Waals surface area contributed by atoms with Crippen molar-refractivity contribution in [2.24, 2.45) is 23.7 Å². The van der Waals surface area contributed by atoms with E-state index in [4.69, 9.17) is 4.74 Å². The third-order valence-corrected chi connectivity index (χ3v) is 5.47. The third kappa shape index (κ3) is 0.997. The molecular formula is C13H20O. The van der Waals surface area contributed by atoms with Gasteiger partial charge in [0.25, 0.3) is 0 Å². The van der Waals surface area contributed by atoms with E-state index in [-0.39, 0.29) is 0 Å². The molecule has 3 aliphatic carbocycles. The lowest BCUT2D eigenvalue weighted by molar-refractivity contribution is 0.193. The van der Waals surface area contributed by atoms with E-state index in [1.165, 1.54) is 38.5 Å². The molecule has 14 heavy (non-hydrogen) atoms. The fourth-order valence-corrected chi connectivity index (χ4v) is 4.86. The van der Waals surface area contributed by atoms with E-state index in [2.05, 4.69) is 0 Å². The molecule has 6 atom stereocenters. The minimum atomic E-state index is 0.705. The van der Waals surface area contributed by atoms with Crippen molar-refractivity contribution in [2.45, 2.75) is 57.2 Å². The summed E-state index contributed by atoms with van der Waals surface area (Å²) in [6.45, 7) is 0. The zero-order chi connectivity index (χ0) is 9.12. The van der Waals surface area contributed by atoms with Crippen LogP contribution in [0.15, 0.2) is 0 Å². The van der Waals surface area contributed by atoms with Gasteiger partial charge in [0, 0.05) is 0 Å². The fraction of sp³-hybridized carbons (Fsp3) is 1.00. The summed E-state index contributed by atoms with van der Waals surface area (Å²) in [6, 6.07) is 0. The Morgan fingerprint density at radius 2 is 1.71 bits per heavy atom. The van der Waals surface area contributed by atoms with Crippen molar-refractivity contribution in [1.29, 1.82) is 0 Å². The van der Waals surface area contributed by atoms with Crippen molar-refractivity contribution in [2.75, 3.05) is 0 Å². The lowest BCUT2D eigenvalue weighted by atomic mass is 9.73. The second-order valence-electron chi connectivity index (χ2n) is 5.99. The number of hydrogen-bond acceptors (Lipinski definition) is 1. The fourth-order valence-electron chi connectivity index (χ4n) is 4.86. The van der Waals surface area contributed by atoms with Gasteiger partial charge in [-0.25, -0.2) is 0 Å². The SMILES string of the molecule is C1CCC2C(C1)CC1C2CCC2OC21. The van der Waals surface area contributed by atoms with E-state index in [1.807, 2.05) is 0 Å². The summed E-state index contributed by atoms with van der Waals surface area (Å²) < 4.78 is 5.80. The second kappa shape index (κ2) is 2.75. The van der Waals surface area contributed by atoms with E-state index in [0.717, 1.165) is 29.8 Å². The van der Waals surface area contributed by atoms with E-state index in [9.17, 15) is 0 Å². The summed E-state index contributed by atoms with van der Waals surface area (Å²) in [4.78, 5) is 0. The van der Waals surface area contributed by atoms with Crippen molar-refractivity contribution >= 4 is 0 Å². The average molecular weight is 192 g/mol. The van der Waals surface area contributed by atoms with Gasteiger partial charge < -0.3 is 4.74 Å². The van der Waals surface area contributed by atoms with E-state index in [0.29, 0.717) is 6.10 Å². The maximum absolute atomic E-state index is 5.80. The molecule has 4 rings (SSSR count). The summed E-state index contributed by atoms with van der Waals surface area (Å²) in [5.74, 6) is 4.27. The van der Waals surface area contributed by atoms with Gasteiger partial charge in [-0.3, -0.25) is 0 Å². The monoisotopic (exact) mass is 192 g/mol. The Labute approximate surface area is 86.2 Å². The van der Waals surface area contributed by atoms with Gasteiger partial charge in [-0.2, -0.15) is 0 Å². The van der Waals surface area contributed by atoms with Crippen LogP contribution in [0.2, 0.25) is 0 Å². The normalized spacial score (nSPS) is 60.0. The first kappa shape index (κ1) is 8.15. The van der Waals surface area contributed by atoms with Crippen LogP contribution in [0.4, 0.5) is 0 Å². The van der Waals surface area contributed by atoms with Gasteiger partial charge >= 0.3 is 0 Å². The third-order valence-electron chi connectivity index (χ3n) is 5.47. The van der Waals surface area contributed by atoms with Gasteiger partial charge in [0.05, 0.1) is 12.2 Å². The van der Waals surface area contributed by atoms with Gasteiger partial charge in [0.1, 0.15) is 0 Å².